The summed E-state index contributed by atoms with van der Waals surface area (Å²) < 4.78 is 26.8. The molecule has 0 aliphatic carbocycles. The third kappa shape index (κ3) is 8.03. The Morgan fingerprint density at radius 1 is 1.13 bits per heavy atom. The van der Waals surface area contributed by atoms with E-state index < -0.39 is 11.8 Å². The molecule has 3 heterocycles. The van der Waals surface area contributed by atoms with Gasteiger partial charge in [-0.2, -0.15) is 0 Å². The second kappa shape index (κ2) is 15.4. The van der Waals surface area contributed by atoms with Crippen molar-refractivity contribution in [3.63, 3.8) is 0 Å². The highest BCUT2D eigenvalue weighted by molar-refractivity contribution is 14.1. The van der Waals surface area contributed by atoms with Crippen LogP contribution in [0.2, 0.25) is 0 Å². The van der Waals surface area contributed by atoms with E-state index in [0.717, 1.165) is 25.8 Å². The molecule has 232 valence electrons. The first kappa shape index (κ1) is 32.5. The minimum Gasteiger partial charge on any atom is -0.491 e. The summed E-state index contributed by atoms with van der Waals surface area (Å²) in [5.74, 6) is 6.14. The summed E-state index contributed by atoms with van der Waals surface area (Å²) in [6, 6.07) is 14.5. The van der Waals surface area contributed by atoms with Gasteiger partial charge in [0.1, 0.15) is 0 Å². The molecule has 0 fully saturated rings. The molecule has 10 nitrogen and oxygen atoms in total. The minimum absolute atomic E-state index is 0.151. The third-order valence-electron chi connectivity index (χ3n) is 6.42. The van der Waals surface area contributed by atoms with E-state index >= 15 is 0 Å². The Morgan fingerprint density at radius 2 is 1.98 bits per heavy atom. The molecular formula is C31H29FIN7O3S2. The maximum Gasteiger partial charge on any atom is 0.357 e. The van der Waals surface area contributed by atoms with Crippen LogP contribution < -0.4 is 20.3 Å². The minimum atomic E-state index is -0.527. The van der Waals surface area contributed by atoms with Gasteiger partial charge in [-0.05, 0) is 68.8 Å². The first-order valence-corrected chi connectivity index (χ1v) is 17.0. The SMILES string of the molecule is CNCC#Cc1ccc(OCCCc2sc(N(CI)c3cc(C)c(Nc4nc5ccccc5s4)nn3)nc2C(=O)OC)c(F)c1. The number of benzene rings is 2. The van der Waals surface area contributed by atoms with Crippen molar-refractivity contribution in [1.29, 1.82) is 0 Å². The lowest BCUT2D eigenvalue weighted by molar-refractivity contribution is 0.0593. The first-order chi connectivity index (χ1) is 21.9. The quantitative estimate of drug-likeness (QED) is 0.0359. The van der Waals surface area contributed by atoms with Crippen molar-refractivity contribution in [1.82, 2.24) is 25.5 Å². The van der Waals surface area contributed by atoms with Gasteiger partial charge in [-0.3, -0.25) is 4.90 Å². The number of nitrogens with zero attached hydrogens (tertiary/aromatic N) is 5. The number of halogens is 2. The lowest BCUT2D eigenvalue weighted by Gasteiger charge is -2.18. The standard InChI is InChI=1S/C31H29FIN7O3S2/c1-19-16-26(38-39-28(19)37-30-35-22-9-4-5-10-24(22)44-30)40(18-33)31-36-27(29(41)42-3)25(45-31)11-7-15-43-23-13-12-20(17-21(23)32)8-6-14-34-2/h4-5,9-10,12-13,16-17,34H,7,11,14-15,18H2,1-3H3,(H,35,37,39). The highest BCUT2D eigenvalue weighted by Crippen LogP contribution is 2.34. The molecule has 0 atom stereocenters. The van der Waals surface area contributed by atoms with Crippen LogP contribution in [0.4, 0.5) is 26.3 Å². The highest BCUT2D eigenvalue weighted by atomic mass is 127. The maximum atomic E-state index is 14.5. The highest BCUT2D eigenvalue weighted by Gasteiger charge is 2.23. The fourth-order valence-corrected chi connectivity index (χ4v) is 7.06. The number of ether oxygens (including phenoxy) is 2. The number of esters is 1. The van der Waals surface area contributed by atoms with Gasteiger partial charge in [0, 0.05) is 10.4 Å². The fourth-order valence-electron chi connectivity index (χ4n) is 4.19. The van der Waals surface area contributed by atoms with Crippen LogP contribution in [0.15, 0.2) is 48.5 Å². The molecule has 5 aromatic rings. The Hall–Kier alpha value is -3.91. The summed E-state index contributed by atoms with van der Waals surface area (Å²) in [6.07, 6.45) is 1.02. The van der Waals surface area contributed by atoms with Crippen molar-refractivity contribution in [2.24, 2.45) is 0 Å². The van der Waals surface area contributed by atoms with Gasteiger partial charge in [-0.25, -0.2) is 19.2 Å². The third-order valence-corrected chi connectivity index (χ3v) is 9.19. The second-order valence-corrected chi connectivity index (χ2v) is 12.4. The predicted octanol–water partition coefficient (Wildman–Crippen LogP) is 6.63. The average molecular weight is 758 g/mol. The Balaban J connectivity index is 1.27. The molecule has 0 amide bonds. The lowest BCUT2D eigenvalue weighted by Crippen LogP contribution is -2.17. The molecule has 0 spiro atoms. The first-order valence-electron chi connectivity index (χ1n) is 13.8. The van der Waals surface area contributed by atoms with Crippen LogP contribution in [-0.4, -0.2) is 58.0 Å². The number of fused-ring (bicyclic) bond motifs is 1. The number of carbonyl (C=O) groups is 1. The van der Waals surface area contributed by atoms with Gasteiger partial charge >= 0.3 is 5.97 Å². The molecule has 3 aromatic heterocycles. The Morgan fingerprint density at radius 3 is 2.71 bits per heavy atom. The van der Waals surface area contributed by atoms with E-state index in [9.17, 15) is 9.18 Å². The zero-order valence-corrected chi connectivity index (χ0v) is 28.5. The number of alkyl halides is 1. The molecule has 2 aromatic carbocycles. The summed E-state index contributed by atoms with van der Waals surface area (Å²) in [5, 5.41) is 16.4. The van der Waals surface area contributed by atoms with Crippen LogP contribution in [0, 0.1) is 24.6 Å². The fraction of sp³-hybridized carbons (Fsp3) is 0.258. The maximum absolute atomic E-state index is 14.5. The molecule has 0 saturated heterocycles. The van der Waals surface area contributed by atoms with E-state index in [0.29, 0.717) is 46.3 Å². The molecule has 0 unspecified atom stereocenters. The largest absolute Gasteiger partial charge is 0.491 e. The van der Waals surface area contributed by atoms with Gasteiger partial charge in [-0.1, -0.05) is 57.9 Å². The van der Waals surface area contributed by atoms with Crippen LogP contribution in [0.25, 0.3) is 10.2 Å². The summed E-state index contributed by atoms with van der Waals surface area (Å²) in [6.45, 7) is 2.71. The van der Waals surface area contributed by atoms with Crippen molar-refractivity contribution in [3.8, 4) is 17.6 Å². The number of hydrogen-bond donors (Lipinski definition) is 2. The molecule has 0 saturated carbocycles. The number of rotatable bonds is 12. The van der Waals surface area contributed by atoms with Gasteiger partial charge in [0.15, 0.2) is 39.2 Å². The van der Waals surface area contributed by atoms with Crippen molar-refractivity contribution in [2.45, 2.75) is 19.8 Å². The Labute approximate surface area is 281 Å². The molecule has 0 aliphatic rings. The molecule has 0 aliphatic heterocycles. The van der Waals surface area contributed by atoms with Crippen LogP contribution in [0.3, 0.4) is 0 Å². The second-order valence-electron chi connectivity index (χ2n) is 9.58. The van der Waals surface area contributed by atoms with Crippen LogP contribution in [-0.2, 0) is 11.2 Å². The van der Waals surface area contributed by atoms with Gasteiger partial charge in [0.25, 0.3) is 0 Å². The number of carbonyl (C=O) groups excluding carboxylic acids is 1. The zero-order chi connectivity index (χ0) is 31.8. The zero-order valence-electron chi connectivity index (χ0n) is 24.7. The average Bonchev–Trinajstić information content (AvgIpc) is 3.65. The van der Waals surface area contributed by atoms with E-state index in [2.05, 4.69) is 65.2 Å². The monoisotopic (exact) mass is 757 g/mol. The van der Waals surface area contributed by atoms with Gasteiger partial charge in [0.2, 0.25) is 0 Å². The molecule has 0 radical (unpaired) electrons. The normalized spacial score (nSPS) is 10.8. The summed E-state index contributed by atoms with van der Waals surface area (Å²) in [7, 11) is 3.12. The predicted molar refractivity (Wildman–Crippen MR) is 185 cm³/mol. The smallest absolute Gasteiger partial charge is 0.357 e. The van der Waals surface area contributed by atoms with Crippen LogP contribution >= 0.6 is 45.3 Å². The topological polar surface area (TPSA) is 114 Å². The molecular weight excluding hydrogens is 728 g/mol. The van der Waals surface area contributed by atoms with Gasteiger partial charge in [-0.15, -0.1) is 21.5 Å². The van der Waals surface area contributed by atoms with Crippen molar-refractivity contribution in [3.05, 3.63) is 76.0 Å². The number of hydrogen-bond acceptors (Lipinski definition) is 12. The number of anilines is 4. The molecule has 5 rings (SSSR count). The van der Waals surface area contributed by atoms with Gasteiger partial charge < -0.3 is 20.1 Å². The molecule has 14 heteroatoms. The van der Waals surface area contributed by atoms with E-state index in [1.165, 1.54) is 24.5 Å². The Kier molecular flexibility index (Phi) is 11.1. The molecule has 0 bridgehead atoms. The van der Waals surface area contributed by atoms with E-state index in [1.807, 2.05) is 42.2 Å². The van der Waals surface area contributed by atoms with Crippen LogP contribution in [0.1, 0.15) is 32.9 Å². The number of aryl methyl sites for hydroxylation is 2. The summed E-state index contributed by atoms with van der Waals surface area (Å²) in [5.41, 5.74) is 2.61. The molecule has 2 N–H and O–H groups in total. The van der Waals surface area contributed by atoms with Gasteiger partial charge in [0.05, 0.1) is 35.0 Å². The number of para-hydroxylation sites is 1. The van der Waals surface area contributed by atoms with Crippen molar-refractivity contribution in [2.75, 3.05) is 42.1 Å². The number of methoxy groups -OCH3 is 1. The lowest BCUT2D eigenvalue weighted by atomic mass is 10.2. The number of nitrogens with one attached hydrogen (secondary N) is 2. The summed E-state index contributed by atoms with van der Waals surface area (Å²) in [4.78, 5) is 24.5. The van der Waals surface area contributed by atoms with Crippen molar-refractivity contribution < 1.29 is 18.7 Å². The van der Waals surface area contributed by atoms with E-state index in [1.54, 1.807) is 30.5 Å². The van der Waals surface area contributed by atoms with E-state index in [4.69, 9.17) is 9.47 Å². The Bertz CT molecular complexity index is 1840. The number of thiazole rings is 2. The van der Waals surface area contributed by atoms with Crippen LogP contribution in [0.5, 0.6) is 5.75 Å². The summed E-state index contributed by atoms with van der Waals surface area (Å²) >= 11 is 5.14. The van der Waals surface area contributed by atoms with Crippen molar-refractivity contribution >= 4 is 83.3 Å². The molecule has 45 heavy (non-hydrogen) atoms. The van der Waals surface area contributed by atoms with E-state index in [-0.39, 0.29) is 18.1 Å². The number of aromatic nitrogens is 4.